The number of thiazole rings is 1. The van der Waals surface area contributed by atoms with E-state index in [1.165, 1.54) is 17.4 Å². The first-order valence-electron chi connectivity index (χ1n) is 10.7. The Labute approximate surface area is 210 Å². The van der Waals surface area contributed by atoms with Gasteiger partial charge in [0.05, 0.1) is 24.3 Å². The Kier molecular flexibility index (Phi) is 7.74. The number of aliphatic carboxylic acids is 1. The van der Waals surface area contributed by atoms with E-state index in [1.54, 1.807) is 53.4 Å². The maximum atomic E-state index is 14.8. The van der Waals surface area contributed by atoms with E-state index < -0.39 is 5.97 Å². The zero-order valence-electron chi connectivity index (χ0n) is 18.4. The molecule has 0 aliphatic carbocycles. The molecule has 9 heteroatoms. The normalized spacial score (nSPS) is 10.7. The predicted octanol–water partition coefficient (Wildman–Crippen LogP) is 6.15. The van der Waals surface area contributed by atoms with Gasteiger partial charge in [-0.05, 0) is 35.9 Å². The van der Waals surface area contributed by atoms with Crippen LogP contribution in [0, 0.1) is 5.82 Å². The van der Waals surface area contributed by atoms with E-state index >= 15 is 0 Å². The third-order valence-corrected chi connectivity index (χ3v) is 6.39. The summed E-state index contributed by atoms with van der Waals surface area (Å²) >= 11 is 7.72. The highest BCUT2D eigenvalue weighted by Crippen LogP contribution is 2.36. The SMILES string of the molecule is O=C(O)CCNC(=O)c1ccc(CN(c2nc(-c3ccccc3Cl)cs2)c2ccccc2F)cc1. The van der Waals surface area contributed by atoms with Crippen LogP contribution in [-0.2, 0) is 11.3 Å². The molecule has 0 saturated heterocycles. The number of rotatable bonds is 9. The van der Waals surface area contributed by atoms with E-state index in [9.17, 15) is 14.0 Å². The summed E-state index contributed by atoms with van der Waals surface area (Å²) in [6.07, 6.45) is -0.147. The first-order chi connectivity index (χ1) is 16.9. The van der Waals surface area contributed by atoms with Gasteiger partial charge >= 0.3 is 5.97 Å². The summed E-state index contributed by atoms with van der Waals surface area (Å²) in [5.74, 6) is -1.71. The number of nitrogens with zero attached hydrogens (tertiary/aromatic N) is 2. The molecule has 0 radical (unpaired) electrons. The minimum absolute atomic E-state index is 0.0504. The quantitative estimate of drug-likeness (QED) is 0.283. The fourth-order valence-corrected chi connectivity index (χ4v) is 4.51. The zero-order chi connectivity index (χ0) is 24.8. The Balaban J connectivity index is 1.58. The van der Waals surface area contributed by atoms with Gasteiger partial charge in [-0.25, -0.2) is 9.37 Å². The van der Waals surface area contributed by atoms with Crippen LogP contribution in [-0.4, -0.2) is 28.5 Å². The van der Waals surface area contributed by atoms with Crippen molar-refractivity contribution >= 4 is 45.6 Å². The fraction of sp³-hybridized carbons (Fsp3) is 0.115. The standard InChI is InChI=1S/C26H21ClFN3O3S/c27-20-6-2-1-5-19(20)22-16-35-26(30-22)31(23-8-4-3-7-21(23)28)15-17-9-11-18(12-10-17)25(34)29-14-13-24(32)33/h1-12,16H,13-15H2,(H,29,34)(H,32,33). The van der Waals surface area contributed by atoms with E-state index in [0.717, 1.165) is 11.1 Å². The van der Waals surface area contributed by atoms with Crippen LogP contribution in [0.2, 0.25) is 5.02 Å². The van der Waals surface area contributed by atoms with Crippen molar-refractivity contribution in [1.82, 2.24) is 10.3 Å². The number of hydrogen-bond acceptors (Lipinski definition) is 5. The predicted molar refractivity (Wildman–Crippen MR) is 136 cm³/mol. The molecule has 4 rings (SSSR count). The Morgan fingerprint density at radius 2 is 1.74 bits per heavy atom. The lowest BCUT2D eigenvalue weighted by atomic mass is 10.1. The zero-order valence-corrected chi connectivity index (χ0v) is 20.0. The molecule has 0 unspecified atom stereocenters. The van der Waals surface area contributed by atoms with Gasteiger partial charge in [0.2, 0.25) is 0 Å². The highest BCUT2D eigenvalue weighted by Gasteiger charge is 2.19. The average molecular weight is 510 g/mol. The first-order valence-corrected chi connectivity index (χ1v) is 12.0. The van der Waals surface area contributed by atoms with E-state index in [2.05, 4.69) is 5.32 Å². The molecule has 0 fully saturated rings. The highest BCUT2D eigenvalue weighted by atomic mass is 35.5. The molecule has 2 N–H and O–H groups in total. The minimum atomic E-state index is -0.978. The third-order valence-electron chi connectivity index (χ3n) is 5.20. The van der Waals surface area contributed by atoms with Crippen molar-refractivity contribution in [3.63, 3.8) is 0 Å². The molecule has 0 spiro atoms. The van der Waals surface area contributed by atoms with Crippen LogP contribution < -0.4 is 10.2 Å². The number of aromatic nitrogens is 1. The van der Waals surface area contributed by atoms with Crippen molar-refractivity contribution in [2.75, 3.05) is 11.4 Å². The molecule has 35 heavy (non-hydrogen) atoms. The average Bonchev–Trinajstić information content (AvgIpc) is 3.33. The monoisotopic (exact) mass is 509 g/mol. The van der Waals surface area contributed by atoms with Crippen molar-refractivity contribution in [1.29, 1.82) is 0 Å². The summed E-state index contributed by atoms with van der Waals surface area (Å²) in [5.41, 5.74) is 3.12. The first kappa shape index (κ1) is 24.4. The summed E-state index contributed by atoms with van der Waals surface area (Å²) in [6.45, 7) is 0.367. The van der Waals surface area contributed by atoms with Crippen LogP contribution in [0.5, 0.6) is 0 Å². The summed E-state index contributed by atoms with van der Waals surface area (Å²) in [7, 11) is 0. The number of carboxylic acids is 1. The number of halogens is 2. The Morgan fingerprint density at radius 3 is 2.46 bits per heavy atom. The third kappa shape index (κ3) is 6.03. The van der Waals surface area contributed by atoms with Crippen molar-refractivity contribution in [2.45, 2.75) is 13.0 Å². The number of carboxylic acid groups (broad SMARTS) is 1. The smallest absolute Gasteiger partial charge is 0.305 e. The van der Waals surface area contributed by atoms with Gasteiger partial charge in [-0.15, -0.1) is 11.3 Å². The van der Waals surface area contributed by atoms with Gasteiger partial charge in [-0.2, -0.15) is 0 Å². The lowest BCUT2D eigenvalue weighted by molar-refractivity contribution is -0.136. The molecular formula is C26H21ClFN3O3S. The van der Waals surface area contributed by atoms with Gasteiger partial charge in [0.25, 0.3) is 5.91 Å². The summed E-state index contributed by atoms with van der Waals surface area (Å²) < 4.78 is 14.8. The van der Waals surface area contributed by atoms with Crippen molar-refractivity contribution < 1.29 is 19.1 Å². The van der Waals surface area contributed by atoms with Gasteiger partial charge in [-0.3, -0.25) is 9.59 Å². The molecule has 0 aliphatic heterocycles. The molecular weight excluding hydrogens is 489 g/mol. The number of anilines is 2. The largest absolute Gasteiger partial charge is 0.481 e. The van der Waals surface area contributed by atoms with Gasteiger partial charge in [0, 0.05) is 28.1 Å². The topological polar surface area (TPSA) is 82.5 Å². The van der Waals surface area contributed by atoms with E-state index in [1.807, 2.05) is 23.6 Å². The van der Waals surface area contributed by atoms with E-state index in [-0.39, 0.29) is 24.7 Å². The minimum Gasteiger partial charge on any atom is -0.481 e. The molecule has 1 heterocycles. The van der Waals surface area contributed by atoms with Crippen LogP contribution >= 0.6 is 22.9 Å². The lowest BCUT2D eigenvalue weighted by Crippen LogP contribution is -2.26. The second kappa shape index (κ2) is 11.1. The van der Waals surface area contributed by atoms with E-state index in [0.29, 0.717) is 33.6 Å². The van der Waals surface area contributed by atoms with Crippen LogP contribution in [0.4, 0.5) is 15.2 Å². The van der Waals surface area contributed by atoms with E-state index in [4.69, 9.17) is 21.7 Å². The number of hydrogen-bond donors (Lipinski definition) is 2. The molecule has 3 aromatic carbocycles. The maximum absolute atomic E-state index is 14.8. The van der Waals surface area contributed by atoms with Gasteiger partial charge < -0.3 is 15.3 Å². The Bertz CT molecular complexity index is 1340. The number of carbonyl (C=O) groups is 2. The van der Waals surface area contributed by atoms with Crippen molar-refractivity contribution in [3.8, 4) is 11.3 Å². The molecule has 6 nitrogen and oxygen atoms in total. The molecule has 0 atom stereocenters. The molecule has 1 aromatic heterocycles. The second-order valence-corrected chi connectivity index (χ2v) is 8.87. The second-order valence-electron chi connectivity index (χ2n) is 7.63. The van der Waals surface area contributed by atoms with Gasteiger partial charge in [-0.1, -0.05) is 54.1 Å². The summed E-state index contributed by atoms with van der Waals surface area (Å²) in [4.78, 5) is 29.4. The fourth-order valence-electron chi connectivity index (χ4n) is 3.44. The number of amides is 1. The number of nitrogens with one attached hydrogen (secondary N) is 1. The van der Waals surface area contributed by atoms with Crippen LogP contribution in [0.1, 0.15) is 22.3 Å². The highest BCUT2D eigenvalue weighted by molar-refractivity contribution is 7.14. The van der Waals surface area contributed by atoms with Crippen molar-refractivity contribution in [3.05, 3.63) is 100 Å². The number of para-hydroxylation sites is 1. The molecule has 0 aliphatic rings. The molecule has 1 amide bonds. The van der Waals surface area contributed by atoms with Gasteiger partial charge in [0.15, 0.2) is 5.13 Å². The Hall–Kier alpha value is -3.75. The molecule has 178 valence electrons. The van der Waals surface area contributed by atoms with Gasteiger partial charge in [0.1, 0.15) is 5.82 Å². The van der Waals surface area contributed by atoms with Crippen LogP contribution in [0.25, 0.3) is 11.3 Å². The number of benzene rings is 3. The lowest BCUT2D eigenvalue weighted by Gasteiger charge is -2.23. The summed E-state index contributed by atoms with van der Waals surface area (Å²) in [6, 6.07) is 20.8. The van der Waals surface area contributed by atoms with Crippen LogP contribution in [0.15, 0.2) is 78.2 Å². The summed E-state index contributed by atoms with van der Waals surface area (Å²) in [5, 5.41) is 14.3. The molecule has 4 aromatic rings. The van der Waals surface area contributed by atoms with Crippen LogP contribution in [0.3, 0.4) is 0 Å². The number of carbonyl (C=O) groups excluding carboxylic acids is 1. The molecule has 0 saturated carbocycles. The Morgan fingerprint density at radius 1 is 1.03 bits per heavy atom. The maximum Gasteiger partial charge on any atom is 0.305 e. The van der Waals surface area contributed by atoms with Crippen molar-refractivity contribution in [2.24, 2.45) is 0 Å². The molecule has 0 bridgehead atoms.